The Labute approximate surface area is 128 Å². The van der Waals surface area contributed by atoms with E-state index >= 15 is 0 Å². The average Bonchev–Trinajstić information content (AvgIpc) is 2.37. The second kappa shape index (κ2) is 7.22. The average molecular weight is 388 g/mol. The third-order valence-corrected chi connectivity index (χ3v) is 4.21. The zero-order valence-corrected chi connectivity index (χ0v) is 13.6. The van der Waals surface area contributed by atoms with E-state index in [1.54, 1.807) is 11.8 Å². The molecule has 2 aromatic carbocycles. The molecule has 0 amide bonds. The van der Waals surface area contributed by atoms with Gasteiger partial charge in [-0.25, -0.2) is 0 Å². The summed E-state index contributed by atoms with van der Waals surface area (Å²) in [6, 6.07) is 16.2. The molecule has 0 aliphatic rings. The highest BCUT2D eigenvalue weighted by Crippen LogP contribution is 2.22. The van der Waals surface area contributed by atoms with Gasteiger partial charge >= 0.3 is 0 Å². The summed E-state index contributed by atoms with van der Waals surface area (Å²) < 4.78 is 7.84. The van der Waals surface area contributed by atoms with Gasteiger partial charge in [0.1, 0.15) is 5.75 Å². The molecule has 0 atom stereocenters. The molecule has 4 heteroatoms. The summed E-state index contributed by atoms with van der Waals surface area (Å²) in [6.45, 7) is 0.707. The maximum absolute atomic E-state index is 5.66. The molecule has 0 saturated heterocycles. The van der Waals surface area contributed by atoms with Gasteiger partial charge in [0.05, 0.1) is 6.61 Å². The molecule has 0 saturated carbocycles. The van der Waals surface area contributed by atoms with E-state index in [0.29, 0.717) is 6.61 Å². The predicted octanol–water partition coefficient (Wildman–Crippen LogP) is 5.38. The summed E-state index contributed by atoms with van der Waals surface area (Å²) in [4.78, 5) is 1.25. The molecule has 18 heavy (non-hydrogen) atoms. The highest BCUT2D eigenvalue weighted by molar-refractivity contribution is 9.10. The lowest BCUT2D eigenvalue weighted by Gasteiger charge is -2.06. The number of halogens is 2. The van der Waals surface area contributed by atoms with Crippen molar-refractivity contribution in [2.24, 2.45) is 0 Å². The van der Waals surface area contributed by atoms with E-state index in [1.807, 2.05) is 36.4 Å². The Morgan fingerprint density at radius 1 is 0.944 bits per heavy atom. The summed E-state index contributed by atoms with van der Waals surface area (Å²) in [7, 11) is 0. The van der Waals surface area contributed by atoms with Gasteiger partial charge in [-0.3, -0.25) is 0 Å². The van der Waals surface area contributed by atoms with E-state index in [2.05, 4.69) is 44.0 Å². The minimum absolute atomic E-state index is 0.707. The van der Waals surface area contributed by atoms with Crippen LogP contribution in [0.4, 0.5) is 0 Å². The fourth-order valence-corrected chi connectivity index (χ4v) is 3.01. The van der Waals surface area contributed by atoms with Crippen molar-refractivity contribution in [3.63, 3.8) is 0 Å². The Balaban J connectivity index is 1.74. The van der Waals surface area contributed by atoms with Crippen molar-refractivity contribution >= 4 is 43.6 Å². The molecule has 0 fully saturated rings. The van der Waals surface area contributed by atoms with E-state index in [0.717, 1.165) is 20.4 Å². The van der Waals surface area contributed by atoms with Gasteiger partial charge in [0.2, 0.25) is 0 Å². The molecule has 0 aliphatic carbocycles. The van der Waals surface area contributed by atoms with Crippen LogP contribution in [0.2, 0.25) is 0 Å². The van der Waals surface area contributed by atoms with Crippen LogP contribution in [-0.2, 0) is 0 Å². The molecular formula is C14H12Br2OS. The summed E-state index contributed by atoms with van der Waals surface area (Å²) >= 11 is 8.66. The van der Waals surface area contributed by atoms with Gasteiger partial charge < -0.3 is 4.74 Å². The van der Waals surface area contributed by atoms with E-state index in [-0.39, 0.29) is 0 Å². The quantitative estimate of drug-likeness (QED) is 0.502. The standard InChI is InChI=1S/C14H12Br2OS/c15-11-4-6-13(7-5-11)17-8-9-18-14-3-1-2-12(16)10-14/h1-7,10H,8-9H2. The van der Waals surface area contributed by atoms with Crippen molar-refractivity contribution in [2.75, 3.05) is 12.4 Å². The van der Waals surface area contributed by atoms with Crippen molar-refractivity contribution in [1.29, 1.82) is 0 Å². The van der Waals surface area contributed by atoms with Crippen LogP contribution in [0.1, 0.15) is 0 Å². The van der Waals surface area contributed by atoms with E-state index < -0.39 is 0 Å². The van der Waals surface area contributed by atoms with Gasteiger partial charge in [0.25, 0.3) is 0 Å². The summed E-state index contributed by atoms with van der Waals surface area (Å²) in [5, 5.41) is 0. The molecule has 1 nitrogen and oxygen atoms in total. The predicted molar refractivity (Wildman–Crippen MR) is 84.5 cm³/mol. The van der Waals surface area contributed by atoms with Crippen LogP contribution in [0.5, 0.6) is 5.75 Å². The number of ether oxygens (including phenoxy) is 1. The molecule has 0 bridgehead atoms. The maximum Gasteiger partial charge on any atom is 0.119 e. The van der Waals surface area contributed by atoms with Gasteiger partial charge in [-0.2, -0.15) is 0 Å². The normalized spacial score (nSPS) is 10.3. The first-order valence-corrected chi connectivity index (χ1v) is 8.08. The van der Waals surface area contributed by atoms with Crippen molar-refractivity contribution in [1.82, 2.24) is 0 Å². The molecule has 0 heterocycles. The smallest absolute Gasteiger partial charge is 0.119 e. The fourth-order valence-electron chi connectivity index (χ4n) is 1.41. The van der Waals surface area contributed by atoms with Gasteiger partial charge in [-0.05, 0) is 42.5 Å². The maximum atomic E-state index is 5.66. The molecule has 0 aliphatic heterocycles. The third-order valence-electron chi connectivity index (χ3n) is 2.23. The first kappa shape index (κ1) is 14.0. The first-order valence-electron chi connectivity index (χ1n) is 5.51. The Hall–Kier alpha value is -0.450. The molecule has 94 valence electrons. The lowest BCUT2D eigenvalue weighted by Crippen LogP contribution is -1.99. The first-order chi connectivity index (χ1) is 8.74. The van der Waals surface area contributed by atoms with Gasteiger partial charge in [-0.15, -0.1) is 11.8 Å². The van der Waals surface area contributed by atoms with Crippen molar-refractivity contribution in [3.05, 3.63) is 57.5 Å². The van der Waals surface area contributed by atoms with Crippen LogP contribution < -0.4 is 4.74 Å². The van der Waals surface area contributed by atoms with Gasteiger partial charge in [0.15, 0.2) is 0 Å². The van der Waals surface area contributed by atoms with Crippen LogP contribution in [0.25, 0.3) is 0 Å². The Bertz CT molecular complexity index is 499. The van der Waals surface area contributed by atoms with Gasteiger partial charge in [-0.1, -0.05) is 37.9 Å². The third kappa shape index (κ3) is 4.67. The van der Waals surface area contributed by atoms with Crippen LogP contribution in [-0.4, -0.2) is 12.4 Å². The monoisotopic (exact) mass is 386 g/mol. The summed E-state index contributed by atoms with van der Waals surface area (Å²) in [5.41, 5.74) is 0. The number of benzene rings is 2. The highest BCUT2D eigenvalue weighted by Gasteiger charge is 1.97. The van der Waals surface area contributed by atoms with Crippen LogP contribution >= 0.6 is 43.6 Å². The zero-order chi connectivity index (χ0) is 12.8. The molecule has 2 rings (SSSR count). The van der Waals surface area contributed by atoms with Crippen molar-refractivity contribution in [3.8, 4) is 5.75 Å². The zero-order valence-electron chi connectivity index (χ0n) is 9.61. The second-order valence-corrected chi connectivity index (χ2v) is 6.61. The number of hydrogen-bond donors (Lipinski definition) is 0. The molecule has 0 unspecified atom stereocenters. The van der Waals surface area contributed by atoms with E-state index in [9.17, 15) is 0 Å². The van der Waals surface area contributed by atoms with Crippen LogP contribution in [0.15, 0.2) is 62.4 Å². The second-order valence-electron chi connectivity index (χ2n) is 3.61. The molecule has 0 spiro atoms. The molecule has 2 aromatic rings. The lowest BCUT2D eigenvalue weighted by atomic mass is 10.3. The molecule has 0 aromatic heterocycles. The SMILES string of the molecule is Brc1ccc(OCCSc2cccc(Br)c2)cc1. The van der Waals surface area contributed by atoms with Crippen LogP contribution in [0.3, 0.4) is 0 Å². The van der Waals surface area contributed by atoms with Gasteiger partial charge in [0, 0.05) is 19.6 Å². The topological polar surface area (TPSA) is 9.23 Å². The van der Waals surface area contributed by atoms with Crippen LogP contribution in [0, 0.1) is 0 Å². The number of thioether (sulfide) groups is 1. The minimum atomic E-state index is 0.707. The van der Waals surface area contributed by atoms with E-state index in [1.165, 1.54) is 4.90 Å². The fraction of sp³-hybridized carbons (Fsp3) is 0.143. The Morgan fingerprint density at radius 2 is 1.72 bits per heavy atom. The lowest BCUT2D eigenvalue weighted by molar-refractivity contribution is 0.344. The Morgan fingerprint density at radius 3 is 2.44 bits per heavy atom. The van der Waals surface area contributed by atoms with Crippen molar-refractivity contribution in [2.45, 2.75) is 4.90 Å². The minimum Gasteiger partial charge on any atom is -0.493 e. The Kier molecular flexibility index (Phi) is 5.60. The number of rotatable bonds is 5. The molecule has 0 radical (unpaired) electrons. The van der Waals surface area contributed by atoms with E-state index in [4.69, 9.17) is 4.74 Å². The number of hydrogen-bond acceptors (Lipinski definition) is 2. The molecular weight excluding hydrogens is 376 g/mol. The van der Waals surface area contributed by atoms with Crippen molar-refractivity contribution < 1.29 is 4.74 Å². The molecule has 0 N–H and O–H groups in total. The summed E-state index contributed by atoms with van der Waals surface area (Å²) in [6.07, 6.45) is 0. The summed E-state index contributed by atoms with van der Waals surface area (Å²) in [5.74, 6) is 1.85. The largest absolute Gasteiger partial charge is 0.493 e. The highest BCUT2D eigenvalue weighted by atomic mass is 79.9.